The summed E-state index contributed by atoms with van der Waals surface area (Å²) in [5, 5.41) is 12.8. The third-order valence-electron chi connectivity index (χ3n) is 2.46. The van der Waals surface area contributed by atoms with Gasteiger partial charge in [0.2, 0.25) is 0 Å². The molecule has 0 saturated carbocycles. The first-order valence-electron chi connectivity index (χ1n) is 5.59. The van der Waals surface area contributed by atoms with Gasteiger partial charge in [0, 0.05) is 11.6 Å². The SMILES string of the molecule is C=COCCCNC(C)c1cc(F)ccc1O. The molecular weight excluding hydrogens is 221 g/mol. The van der Waals surface area contributed by atoms with Gasteiger partial charge in [-0.3, -0.25) is 0 Å². The molecule has 0 aliphatic carbocycles. The zero-order chi connectivity index (χ0) is 12.7. The van der Waals surface area contributed by atoms with Crippen molar-refractivity contribution in [3.63, 3.8) is 0 Å². The van der Waals surface area contributed by atoms with E-state index in [0.717, 1.165) is 13.0 Å². The molecule has 0 spiro atoms. The number of aromatic hydroxyl groups is 1. The highest BCUT2D eigenvalue weighted by Crippen LogP contribution is 2.24. The predicted octanol–water partition coefficient (Wildman–Crippen LogP) is 2.73. The van der Waals surface area contributed by atoms with Gasteiger partial charge in [-0.2, -0.15) is 0 Å². The first-order chi connectivity index (χ1) is 8.15. The number of phenolic OH excluding ortho intramolecular Hbond substituents is 1. The van der Waals surface area contributed by atoms with Crippen LogP contribution in [0.5, 0.6) is 5.75 Å². The Bertz CT molecular complexity index is 368. The molecule has 1 atom stereocenters. The lowest BCUT2D eigenvalue weighted by molar-refractivity contribution is 0.243. The van der Waals surface area contributed by atoms with Crippen molar-refractivity contribution in [2.75, 3.05) is 13.2 Å². The summed E-state index contributed by atoms with van der Waals surface area (Å²) in [4.78, 5) is 0. The molecule has 1 rings (SSSR count). The maximum Gasteiger partial charge on any atom is 0.123 e. The molecule has 0 fully saturated rings. The predicted molar refractivity (Wildman–Crippen MR) is 65.2 cm³/mol. The molecule has 4 heteroatoms. The number of rotatable bonds is 7. The van der Waals surface area contributed by atoms with E-state index in [1.165, 1.54) is 24.5 Å². The summed E-state index contributed by atoms with van der Waals surface area (Å²) in [6.45, 7) is 6.65. The molecule has 0 heterocycles. The summed E-state index contributed by atoms with van der Waals surface area (Å²) in [5.41, 5.74) is 0.564. The van der Waals surface area contributed by atoms with E-state index in [1.54, 1.807) is 0 Å². The van der Waals surface area contributed by atoms with E-state index in [0.29, 0.717) is 12.2 Å². The maximum atomic E-state index is 13.0. The van der Waals surface area contributed by atoms with Gasteiger partial charge in [-0.15, -0.1) is 0 Å². The number of ether oxygens (including phenoxy) is 1. The zero-order valence-electron chi connectivity index (χ0n) is 9.95. The van der Waals surface area contributed by atoms with E-state index in [2.05, 4.69) is 11.9 Å². The summed E-state index contributed by atoms with van der Waals surface area (Å²) in [6, 6.07) is 3.84. The highest BCUT2D eigenvalue weighted by molar-refractivity contribution is 5.34. The van der Waals surface area contributed by atoms with Crippen LogP contribution in [0.15, 0.2) is 31.0 Å². The molecule has 2 N–H and O–H groups in total. The van der Waals surface area contributed by atoms with E-state index >= 15 is 0 Å². The van der Waals surface area contributed by atoms with Crippen molar-refractivity contribution >= 4 is 0 Å². The minimum atomic E-state index is -0.346. The second-order valence-corrected chi connectivity index (χ2v) is 3.77. The van der Waals surface area contributed by atoms with Crippen molar-refractivity contribution < 1.29 is 14.2 Å². The third kappa shape index (κ3) is 4.44. The van der Waals surface area contributed by atoms with E-state index in [4.69, 9.17) is 4.74 Å². The minimum Gasteiger partial charge on any atom is -0.508 e. The van der Waals surface area contributed by atoms with Crippen LogP contribution in [0.3, 0.4) is 0 Å². The minimum absolute atomic E-state index is 0.102. The highest BCUT2D eigenvalue weighted by atomic mass is 19.1. The molecule has 0 aromatic heterocycles. The maximum absolute atomic E-state index is 13.0. The Labute approximate surface area is 101 Å². The Morgan fingerprint density at radius 1 is 1.59 bits per heavy atom. The Morgan fingerprint density at radius 2 is 2.35 bits per heavy atom. The fourth-order valence-electron chi connectivity index (χ4n) is 1.54. The molecule has 0 aliphatic heterocycles. The van der Waals surface area contributed by atoms with E-state index < -0.39 is 0 Å². The van der Waals surface area contributed by atoms with E-state index in [1.807, 2.05) is 6.92 Å². The average Bonchev–Trinajstić information content (AvgIpc) is 2.32. The van der Waals surface area contributed by atoms with Crippen LogP contribution in [0.4, 0.5) is 4.39 Å². The summed E-state index contributed by atoms with van der Waals surface area (Å²) >= 11 is 0. The topological polar surface area (TPSA) is 41.5 Å². The Kier molecular flexibility index (Phi) is 5.49. The third-order valence-corrected chi connectivity index (χ3v) is 2.46. The van der Waals surface area contributed by atoms with Crippen LogP contribution in [0, 0.1) is 5.82 Å². The zero-order valence-corrected chi connectivity index (χ0v) is 9.95. The van der Waals surface area contributed by atoms with Crippen molar-refractivity contribution in [1.82, 2.24) is 5.32 Å². The first kappa shape index (κ1) is 13.5. The first-order valence-corrected chi connectivity index (χ1v) is 5.59. The van der Waals surface area contributed by atoms with Gasteiger partial charge in [-0.25, -0.2) is 4.39 Å². The second-order valence-electron chi connectivity index (χ2n) is 3.77. The Morgan fingerprint density at radius 3 is 3.06 bits per heavy atom. The second kappa shape index (κ2) is 6.91. The van der Waals surface area contributed by atoms with Crippen LogP contribution in [-0.2, 0) is 4.74 Å². The average molecular weight is 239 g/mol. The number of halogens is 1. The molecule has 3 nitrogen and oxygen atoms in total. The van der Waals surface area contributed by atoms with Gasteiger partial charge in [0.15, 0.2) is 0 Å². The van der Waals surface area contributed by atoms with Crippen molar-refractivity contribution in [1.29, 1.82) is 0 Å². The summed E-state index contributed by atoms with van der Waals surface area (Å²) in [7, 11) is 0. The number of phenols is 1. The number of hydrogen-bond donors (Lipinski definition) is 2. The molecular formula is C13H18FNO2. The summed E-state index contributed by atoms with van der Waals surface area (Å²) in [6.07, 6.45) is 2.23. The smallest absolute Gasteiger partial charge is 0.123 e. The van der Waals surface area contributed by atoms with Gasteiger partial charge in [0.1, 0.15) is 11.6 Å². The van der Waals surface area contributed by atoms with E-state index in [9.17, 15) is 9.50 Å². The van der Waals surface area contributed by atoms with Crippen molar-refractivity contribution in [3.05, 3.63) is 42.4 Å². The molecule has 0 saturated heterocycles. The van der Waals surface area contributed by atoms with Crippen molar-refractivity contribution in [2.24, 2.45) is 0 Å². The number of nitrogens with one attached hydrogen (secondary N) is 1. The largest absolute Gasteiger partial charge is 0.508 e. The molecule has 1 aromatic rings. The fourth-order valence-corrected chi connectivity index (χ4v) is 1.54. The number of hydrogen-bond acceptors (Lipinski definition) is 3. The van der Waals surface area contributed by atoms with Gasteiger partial charge in [0.25, 0.3) is 0 Å². The van der Waals surface area contributed by atoms with Gasteiger partial charge in [-0.05, 0) is 38.1 Å². The van der Waals surface area contributed by atoms with Gasteiger partial charge >= 0.3 is 0 Å². The van der Waals surface area contributed by atoms with Gasteiger partial charge < -0.3 is 15.2 Å². The molecule has 17 heavy (non-hydrogen) atoms. The van der Waals surface area contributed by atoms with Crippen LogP contribution in [0.2, 0.25) is 0 Å². The highest BCUT2D eigenvalue weighted by Gasteiger charge is 2.10. The normalized spacial score (nSPS) is 12.1. The van der Waals surface area contributed by atoms with E-state index in [-0.39, 0.29) is 17.6 Å². The Balaban J connectivity index is 2.43. The van der Waals surface area contributed by atoms with Crippen LogP contribution < -0.4 is 5.32 Å². The summed E-state index contributed by atoms with van der Waals surface area (Å²) < 4.78 is 18.0. The lowest BCUT2D eigenvalue weighted by atomic mass is 10.1. The fraction of sp³-hybridized carbons (Fsp3) is 0.385. The van der Waals surface area contributed by atoms with Crippen LogP contribution in [0.1, 0.15) is 24.9 Å². The van der Waals surface area contributed by atoms with Crippen molar-refractivity contribution in [3.8, 4) is 5.75 Å². The molecule has 0 aliphatic rings. The molecule has 1 aromatic carbocycles. The van der Waals surface area contributed by atoms with Crippen LogP contribution in [-0.4, -0.2) is 18.3 Å². The molecule has 0 amide bonds. The van der Waals surface area contributed by atoms with Gasteiger partial charge in [-0.1, -0.05) is 6.58 Å². The van der Waals surface area contributed by atoms with Crippen LogP contribution >= 0.6 is 0 Å². The molecule has 1 unspecified atom stereocenters. The number of benzene rings is 1. The lowest BCUT2D eigenvalue weighted by Gasteiger charge is -2.15. The standard InChI is InChI=1S/C13H18FNO2/c1-3-17-8-4-7-15-10(2)12-9-11(14)5-6-13(12)16/h3,5-6,9-10,15-16H,1,4,7-8H2,2H3. The van der Waals surface area contributed by atoms with Gasteiger partial charge in [0.05, 0.1) is 12.9 Å². The molecule has 94 valence electrons. The molecule has 0 bridgehead atoms. The summed E-state index contributed by atoms with van der Waals surface area (Å²) in [5.74, 6) is -0.241. The van der Waals surface area contributed by atoms with Crippen molar-refractivity contribution in [2.45, 2.75) is 19.4 Å². The van der Waals surface area contributed by atoms with Crippen LogP contribution in [0.25, 0.3) is 0 Å². The monoisotopic (exact) mass is 239 g/mol. The quantitative estimate of drug-likeness (QED) is 0.568. The Hall–Kier alpha value is -1.55. The lowest BCUT2D eigenvalue weighted by Crippen LogP contribution is -2.21. The molecule has 0 radical (unpaired) electrons.